The van der Waals surface area contributed by atoms with E-state index in [9.17, 15) is 4.79 Å². The van der Waals surface area contributed by atoms with Gasteiger partial charge >= 0.3 is 0 Å². The average Bonchev–Trinajstić information content (AvgIpc) is 2.91. The Morgan fingerprint density at radius 1 is 1.29 bits per heavy atom. The molecule has 0 aliphatic heterocycles. The zero-order valence-corrected chi connectivity index (χ0v) is 13.1. The maximum absolute atomic E-state index is 10.4. The summed E-state index contributed by atoms with van der Waals surface area (Å²) in [6.07, 6.45) is 2.46. The van der Waals surface area contributed by atoms with Gasteiger partial charge in [0.25, 0.3) is 0 Å². The molecule has 3 aromatic rings. The number of aromatic nitrogens is 2. The monoisotopic (exact) mass is 346 g/mol. The Kier molecular flexibility index (Phi) is 5.66. The highest BCUT2D eigenvalue weighted by Gasteiger charge is 2.00. The summed E-state index contributed by atoms with van der Waals surface area (Å²) in [5, 5.41) is 0.937. The van der Waals surface area contributed by atoms with Crippen LogP contribution in [0.3, 0.4) is 0 Å². The zero-order valence-electron chi connectivity index (χ0n) is 11.5. The van der Waals surface area contributed by atoms with Crippen LogP contribution in [0.5, 0.6) is 0 Å². The van der Waals surface area contributed by atoms with Crippen LogP contribution in [-0.2, 0) is 11.3 Å². The van der Waals surface area contributed by atoms with Crippen molar-refractivity contribution in [3.8, 4) is 0 Å². The molecule has 0 aliphatic carbocycles. The number of methoxy groups -OCH3 is 1. The molecule has 0 spiro atoms. The molecule has 0 radical (unpaired) electrons. The molecule has 2 heterocycles. The normalized spacial score (nSPS) is 10.0. The SMILES string of the molecule is COCc1ccccc1.O=Cc1cc2cc(Br)cnc2[nH]1. The van der Waals surface area contributed by atoms with Gasteiger partial charge in [-0.05, 0) is 33.6 Å². The summed E-state index contributed by atoms with van der Waals surface area (Å²) in [5.41, 5.74) is 2.51. The lowest BCUT2D eigenvalue weighted by atomic mass is 10.2. The van der Waals surface area contributed by atoms with Crippen molar-refractivity contribution in [1.29, 1.82) is 0 Å². The number of halogens is 1. The van der Waals surface area contributed by atoms with Crippen LogP contribution in [0.4, 0.5) is 0 Å². The fraction of sp³-hybridized carbons (Fsp3) is 0.125. The molecule has 0 unspecified atom stereocenters. The van der Waals surface area contributed by atoms with Crippen LogP contribution in [0.1, 0.15) is 16.1 Å². The highest BCUT2D eigenvalue weighted by Crippen LogP contribution is 2.16. The predicted octanol–water partition coefficient (Wildman–Crippen LogP) is 3.97. The number of hydrogen-bond acceptors (Lipinski definition) is 3. The Hall–Kier alpha value is -1.98. The largest absolute Gasteiger partial charge is 0.380 e. The quantitative estimate of drug-likeness (QED) is 0.730. The van der Waals surface area contributed by atoms with Gasteiger partial charge in [0.1, 0.15) is 5.65 Å². The van der Waals surface area contributed by atoms with Gasteiger partial charge < -0.3 is 9.72 Å². The van der Waals surface area contributed by atoms with E-state index in [0.717, 1.165) is 21.8 Å². The first-order chi connectivity index (χ1) is 10.2. The van der Waals surface area contributed by atoms with Crippen molar-refractivity contribution in [1.82, 2.24) is 9.97 Å². The maximum Gasteiger partial charge on any atom is 0.166 e. The van der Waals surface area contributed by atoms with Crippen molar-refractivity contribution >= 4 is 33.2 Å². The summed E-state index contributed by atoms with van der Waals surface area (Å²) in [7, 11) is 1.70. The van der Waals surface area contributed by atoms with Gasteiger partial charge in [-0.25, -0.2) is 4.98 Å². The lowest BCUT2D eigenvalue weighted by Crippen LogP contribution is -1.84. The van der Waals surface area contributed by atoms with Crippen molar-refractivity contribution in [2.24, 2.45) is 0 Å². The Bertz CT molecular complexity index is 711. The van der Waals surface area contributed by atoms with Crippen LogP contribution in [0.2, 0.25) is 0 Å². The smallest absolute Gasteiger partial charge is 0.166 e. The number of pyridine rings is 1. The first-order valence-corrected chi connectivity index (χ1v) is 7.14. The summed E-state index contributed by atoms with van der Waals surface area (Å²) in [6, 6.07) is 13.8. The number of nitrogens with one attached hydrogen (secondary N) is 1. The summed E-state index contributed by atoms with van der Waals surface area (Å²) < 4.78 is 5.84. The number of ether oxygens (including phenoxy) is 1. The number of benzene rings is 1. The van der Waals surface area contributed by atoms with E-state index in [-0.39, 0.29) is 0 Å². The van der Waals surface area contributed by atoms with E-state index < -0.39 is 0 Å². The van der Waals surface area contributed by atoms with Gasteiger partial charge in [0.15, 0.2) is 6.29 Å². The maximum atomic E-state index is 10.4. The number of nitrogens with zero attached hydrogens (tertiary/aromatic N) is 1. The summed E-state index contributed by atoms with van der Waals surface area (Å²) in [5.74, 6) is 0. The summed E-state index contributed by atoms with van der Waals surface area (Å²) >= 11 is 3.30. The minimum absolute atomic E-state index is 0.551. The van der Waals surface area contributed by atoms with Crippen LogP contribution in [0.15, 0.2) is 53.1 Å². The minimum Gasteiger partial charge on any atom is -0.380 e. The Labute approximate surface area is 131 Å². The standard InChI is InChI=1S/C8H5BrN2O.C8H10O/c9-6-1-5-2-7(4-12)11-8(5)10-3-6;1-9-7-8-5-3-2-4-6-8/h1-4H,(H,10,11);2-6H,7H2,1H3. The first-order valence-electron chi connectivity index (χ1n) is 6.35. The molecule has 0 saturated carbocycles. The summed E-state index contributed by atoms with van der Waals surface area (Å²) in [6.45, 7) is 0.709. The third-order valence-corrected chi connectivity index (χ3v) is 3.17. The second-order valence-electron chi connectivity index (χ2n) is 4.35. The van der Waals surface area contributed by atoms with Gasteiger partial charge in [-0.15, -0.1) is 0 Å². The number of aldehydes is 1. The molecule has 4 nitrogen and oxygen atoms in total. The number of carbonyl (C=O) groups excluding carboxylic acids is 1. The van der Waals surface area contributed by atoms with Crippen LogP contribution < -0.4 is 0 Å². The molecular formula is C16H15BrN2O2. The number of fused-ring (bicyclic) bond motifs is 1. The lowest BCUT2D eigenvalue weighted by molar-refractivity contribution is 0.111. The van der Waals surface area contributed by atoms with E-state index in [0.29, 0.717) is 12.3 Å². The molecule has 21 heavy (non-hydrogen) atoms. The van der Waals surface area contributed by atoms with Gasteiger partial charge in [0.05, 0.1) is 12.3 Å². The number of carbonyl (C=O) groups is 1. The van der Waals surface area contributed by atoms with Gasteiger partial charge in [0, 0.05) is 23.2 Å². The molecule has 0 fully saturated rings. The molecule has 5 heteroatoms. The highest BCUT2D eigenvalue weighted by atomic mass is 79.9. The van der Waals surface area contributed by atoms with E-state index in [1.807, 2.05) is 36.4 Å². The van der Waals surface area contributed by atoms with Gasteiger partial charge in [0.2, 0.25) is 0 Å². The predicted molar refractivity (Wildman–Crippen MR) is 86.3 cm³/mol. The highest BCUT2D eigenvalue weighted by molar-refractivity contribution is 9.10. The minimum atomic E-state index is 0.551. The Balaban J connectivity index is 0.000000161. The lowest BCUT2D eigenvalue weighted by Gasteiger charge is -1.95. The van der Waals surface area contributed by atoms with Gasteiger partial charge in [-0.2, -0.15) is 0 Å². The van der Waals surface area contributed by atoms with Crippen molar-refractivity contribution in [2.75, 3.05) is 7.11 Å². The number of rotatable bonds is 3. The molecule has 0 atom stereocenters. The van der Waals surface area contributed by atoms with E-state index in [2.05, 4.69) is 25.9 Å². The van der Waals surface area contributed by atoms with Crippen LogP contribution in [0.25, 0.3) is 11.0 Å². The second-order valence-corrected chi connectivity index (χ2v) is 5.27. The van der Waals surface area contributed by atoms with E-state index >= 15 is 0 Å². The van der Waals surface area contributed by atoms with E-state index in [1.165, 1.54) is 5.56 Å². The molecule has 0 aliphatic rings. The van der Waals surface area contributed by atoms with Crippen LogP contribution in [-0.4, -0.2) is 23.4 Å². The Morgan fingerprint density at radius 2 is 2.05 bits per heavy atom. The van der Waals surface area contributed by atoms with Crippen LogP contribution >= 0.6 is 15.9 Å². The number of hydrogen-bond donors (Lipinski definition) is 1. The van der Waals surface area contributed by atoms with Gasteiger partial charge in [-0.3, -0.25) is 4.79 Å². The molecule has 108 valence electrons. The van der Waals surface area contributed by atoms with Crippen molar-refractivity contribution in [3.05, 3.63) is 64.4 Å². The molecule has 1 aromatic carbocycles. The van der Waals surface area contributed by atoms with Crippen molar-refractivity contribution in [2.45, 2.75) is 6.61 Å². The van der Waals surface area contributed by atoms with Crippen molar-refractivity contribution < 1.29 is 9.53 Å². The molecule has 0 saturated heterocycles. The fourth-order valence-corrected chi connectivity index (χ4v) is 2.16. The molecule has 2 aromatic heterocycles. The third-order valence-electron chi connectivity index (χ3n) is 2.74. The molecule has 0 bridgehead atoms. The molecule has 3 rings (SSSR count). The first kappa shape index (κ1) is 15.4. The second kappa shape index (κ2) is 7.71. The van der Waals surface area contributed by atoms with E-state index in [1.54, 1.807) is 19.4 Å². The van der Waals surface area contributed by atoms with Gasteiger partial charge in [-0.1, -0.05) is 30.3 Å². The average molecular weight is 347 g/mol. The molecular weight excluding hydrogens is 332 g/mol. The summed E-state index contributed by atoms with van der Waals surface area (Å²) in [4.78, 5) is 17.4. The van der Waals surface area contributed by atoms with Crippen LogP contribution in [0, 0.1) is 0 Å². The van der Waals surface area contributed by atoms with E-state index in [4.69, 9.17) is 4.74 Å². The third kappa shape index (κ3) is 4.51. The molecule has 0 amide bonds. The number of aromatic amines is 1. The fourth-order valence-electron chi connectivity index (χ4n) is 1.81. The van der Waals surface area contributed by atoms with Crippen molar-refractivity contribution in [3.63, 3.8) is 0 Å². The topological polar surface area (TPSA) is 55.0 Å². The zero-order chi connectivity index (χ0) is 15.1. The Morgan fingerprint density at radius 3 is 2.71 bits per heavy atom. The number of H-pyrrole nitrogens is 1. The molecule has 1 N–H and O–H groups in total.